The second-order valence-electron chi connectivity index (χ2n) is 4.33. The fourth-order valence-electron chi connectivity index (χ4n) is 2.28. The Balaban J connectivity index is 2.94. The second kappa shape index (κ2) is 4.64. The molecule has 86 valence electrons. The van der Waals surface area contributed by atoms with E-state index in [1.807, 2.05) is 0 Å². The van der Waals surface area contributed by atoms with E-state index in [2.05, 4.69) is 0 Å². The monoisotopic (exact) mass is 213 g/mol. The van der Waals surface area contributed by atoms with Gasteiger partial charge in [0.2, 0.25) is 5.91 Å². The molecule has 0 bridgehead atoms. The van der Waals surface area contributed by atoms with Gasteiger partial charge >= 0.3 is 5.97 Å². The molecule has 0 spiro atoms. The van der Waals surface area contributed by atoms with Gasteiger partial charge in [0.15, 0.2) is 0 Å². The Kier molecular flexibility index (Phi) is 3.72. The van der Waals surface area contributed by atoms with E-state index in [0.717, 1.165) is 19.3 Å². The molecule has 1 aliphatic carbocycles. The number of methoxy groups -OCH3 is 1. The quantitative estimate of drug-likeness (QED) is 0.511. The molecule has 0 saturated heterocycles. The molecule has 0 heterocycles. The van der Waals surface area contributed by atoms with Crippen molar-refractivity contribution < 1.29 is 14.3 Å². The van der Waals surface area contributed by atoms with Crippen molar-refractivity contribution in [3.8, 4) is 0 Å². The third kappa shape index (κ3) is 2.13. The molecule has 0 radical (unpaired) electrons. The van der Waals surface area contributed by atoms with Crippen LogP contribution >= 0.6 is 0 Å². The van der Waals surface area contributed by atoms with Crippen LogP contribution in [0.3, 0.4) is 0 Å². The predicted molar refractivity (Wildman–Crippen MR) is 56.2 cm³/mol. The molecule has 0 aromatic carbocycles. The summed E-state index contributed by atoms with van der Waals surface area (Å²) >= 11 is 0. The molecular weight excluding hydrogens is 194 g/mol. The molecule has 1 aliphatic rings. The standard InChI is InChI=1S/C11H19NO3/c1-12(2)9(13)11(10(14)15-3)7-5-4-6-8-11/h4-8H2,1-3H3. The van der Waals surface area contributed by atoms with E-state index >= 15 is 0 Å². The van der Waals surface area contributed by atoms with Gasteiger partial charge in [-0.05, 0) is 12.8 Å². The number of carbonyl (C=O) groups is 2. The van der Waals surface area contributed by atoms with Crippen molar-refractivity contribution in [3.63, 3.8) is 0 Å². The fourth-order valence-corrected chi connectivity index (χ4v) is 2.28. The van der Waals surface area contributed by atoms with E-state index in [-0.39, 0.29) is 11.9 Å². The van der Waals surface area contributed by atoms with Gasteiger partial charge < -0.3 is 9.64 Å². The van der Waals surface area contributed by atoms with Crippen LogP contribution in [-0.4, -0.2) is 38.0 Å². The highest BCUT2D eigenvalue weighted by Gasteiger charge is 2.48. The molecule has 0 N–H and O–H groups in total. The number of carbonyl (C=O) groups excluding carboxylic acids is 2. The van der Waals surface area contributed by atoms with Crippen LogP contribution in [0.5, 0.6) is 0 Å². The first kappa shape index (κ1) is 12.0. The summed E-state index contributed by atoms with van der Waals surface area (Å²) in [5.41, 5.74) is -0.906. The first-order valence-corrected chi connectivity index (χ1v) is 5.35. The second-order valence-corrected chi connectivity index (χ2v) is 4.33. The van der Waals surface area contributed by atoms with Gasteiger partial charge in [-0.1, -0.05) is 19.3 Å². The van der Waals surface area contributed by atoms with Gasteiger partial charge in [-0.3, -0.25) is 9.59 Å². The van der Waals surface area contributed by atoms with Crippen LogP contribution in [0.1, 0.15) is 32.1 Å². The van der Waals surface area contributed by atoms with Gasteiger partial charge in [0.1, 0.15) is 5.41 Å². The van der Waals surface area contributed by atoms with E-state index < -0.39 is 5.41 Å². The van der Waals surface area contributed by atoms with Gasteiger partial charge in [0, 0.05) is 14.1 Å². The van der Waals surface area contributed by atoms with Crippen LogP contribution in [0.2, 0.25) is 0 Å². The van der Waals surface area contributed by atoms with E-state index in [1.54, 1.807) is 14.1 Å². The molecule has 0 atom stereocenters. The summed E-state index contributed by atoms with van der Waals surface area (Å²) in [7, 11) is 4.71. The molecule has 15 heavy (non-hydrogen) atoms. The highest BCUT2D eigenvalue weighted by Crippen LogP contribution is 2.38. The smallest absolute Gasteiger partial charge is 0.321 e. The first-order chi connectivity index (χ1) is 7.04. The molecule has 0 aromatic rings. The molecule has 0 aliphatic heterocycles. The van der Waals surface area contributed by atoms with Crippen LogP contribution < -0.4 is 0 Å². The number of ether oxygens (including phenoxy) is 1. The number of esters is 1. The number of amides is 1. The number of hydrogen-bond acceptors (Lipinski definition) is 3. The van der Waals surface area contributed by atoms with E-state index in [4.69, 9.17) is 4.74 Å². The summed E-state index contributed by atoms with van der Waals surface area (Å²) in [5.74, 6) is -0.491. The maximum absolute atomic E-state index is 12.0. The zero-order valence-electron chi connectivity index (χ0n) is 9.71. The minimum atomic E-state index is -0.906. The third-order valence-electron chi connectivity index (χ3n) is 3.10. The molecule has 0 aromatic heterocycles. The molecule has 4 heteroatoms. The van der Waals surface area contributed by atoms with Gasteiger partial charge in [0.05, 0.1) is 7.11 Å². The topological polar surface area (TPSA) is 46.6 Å². The first-order valence-electron chi connectivity index (χ1n) is 5.35. The highest BCUT2D eigenvalue weighted by atomic mass is 16.5. The van der Waals surface area contributed by atoms with Crippen molar-refractivity contribution in [3.05, 3.63) is 0 Å². The van der Waals surface area contributed by atoms with Gasteiger partial charge in [-0.2, -0.15) is 0 Å². The molecule has 1 saturated carbocycles. The van der Waals surface area contributed by atoms with Crippen LogP contribution in [0.15, 0.2) is 0 Å². The van der Waals surface area contributed by atoms with E-state index in [0.29, 0.717) is 12.8 Å². The van der Waals surface area contributed by atoms with Crippen molar-refractivity contribution in [1.82, 2.24) is 4.90 Å². The molecule has 1 amide bonds. The lowest BCUT2D eigenvalue weighted by molar-refractivity contribution is -0.164. The number of hydrogen-bond donors (Lipinski definition) is 0. The Bertz CT molecular complexity index is 255. The Morgan fingerprint density at radius 2 is 1.67 bits per heavy atom. The SMILES string of the molecule is COC(=O)C1(C(=O)N(C)C)CCCCC1. The summed E-state index contributed by atoms with van der Waals surface area (Å²) < 4.78 is 4.78. The van der Waals surface area contributed by atoms with Crippen molar-refractivity contribution in [2.75, 3.05) is 21.2 Å². The van der Waals surface area contributed by atoms with Gasteiger partial charge in [-0.25, -0.2) is 0 Å². The van der Waals surface area contributed by atoms with Crippen molar-refractivity contribution >= 4 is 11.9 Å². The van der Waals surface area contributed by atoms with Crippen molar-refractivity contribution in [1.29, 1.82) is 0 Å². The van der Waals surface area contributed by atoms with E-state index in [9.17, 15) is 9.59 Å². The van der Waals surface area contributed by atoms with Gasteiger partial charge in [0.25, 0.3) is 0 Å². The van der Waals surface area contributed by atoms with Crippen LogP contribution in [0.4, 0.5) is 0 Å². The third-order valence-corrected chi connectivity index (χ3v) is 3.10. The summed E-state index contributed by atoms with van der Waals surface area (Å²) in [4.78, 5) is 25.3. The summed E-state index contributed by atoms with van der Waals surface area (Å²) in [6.45, 7) is 0. The van der Waals surface area contributed by atoms with Crippen LogP contribution in [-0.2, 0) is 14.3 Å². The molecule has 1 fully saturated rings. The Morgan fingerprint density at radius 1 is 1.13 bits per heavy atom. The zero-order valence-corrected chi connectivity index (χ0v) is 9.71. The normalized spacial score (nSPS) is 19.4. The van der Waals surface area contributed by atoms with Crippen LogP contribution in [0, 0.1) is 5.41 Å². The highest BCUT2D eigenvalue weighted by molar-refractivity contribution is 6.02. The van der Waals surface area contributed by atoms with Crippen molar-refractivity contribution in [2.24, 2.45) is 5.41 Å². The Morgan fingerprint density at radius 3 is 2.07 bits per heavy atom. The summed E-state index contributed by atoms with van der Waals surface area (Å²) in [5, 5.41) is 0. The largest absolute Gasteiger partial charge is 0.468 e. The Labute approximate surface area is 90.6 Å². The van der Waals surface area contributed by atoms with Crippen LogP contribution in [0.25, 0.3) is 0 Å². The zero-order chi connectivity index (χ0) is 11.5. The number of rotatable bonds is 2. The van der Waals surface area contributed by atoms with E-state index in [1.165, 1.54) is 12.0 Å². The lowest BCUT2D eigenvalue weighted by Crippen LogP contribution is -2.47. The lowest BCUT2D eigenvalue weighted by Gasteiger charge is -2.34. The molecule has 1 rings (SSSR count). The van der Waals surface area contributed by atoms with Gasteiger partial charge in [-0.15, -0.1) is 0 Å². The minimum Gasteiger partial charge on any atom is -0.468 e. The average molecular weight is 213 g/mol. The molecule has 4 nitrogen and oxygen atoms in total. The molecule has 0 unspecified atom stereocenters. The van der Waals surface area contributed by atoms with Crippen molar-refractivity contribution in [2.45, 2.75) is 32.1 Å². The lowest BCUT2D eigenvalue weighted by atomic mass is 9.73. The maximum Gasteiger partial charge on any atom is 0.321 e. The minimum absolute atomic E-state index is 0.117. The fraction of sp³-hybridized carbons (Fsp3) is 0.818. The molecular formula is C11H19NO3. The summed E-state index contributed by atoms with van der Waals surface area (Å²) in [6, 6.07) is 0. The average Bonchev–Trinajstić information content (AvgIpc) is 2.27. The summed E-state index contributed by atoms with van der Waals surface area (Å²) in [6.07, 6.45) is 4.19. The number of nitrogens with zero attached hydrogens (tertiary/aromatic N) is 1. The maximum atomic E-state index is 12.0. The Hall–Kier alpha value is -1.06. The predicted octanol–water partition coefficient (Wildman–Crippen LogP) is 1.20.